The first kappa shape index (κ1) is 10.2. The van der Waals surface area contributed by atoms with E-state index in [0.717, 1.165) is 18.9 Å². The summed E-state index contributed by atoms with van der Waals surface area (Å²) in [7, 11) is 0. The van der Waals surface area contributed by atoms with Crippen LogP contribution in [-0.2, 0) is 9.53 Å². The van der Waals surface area contributed by atoms with Crippen molar-refractivity contribution in [3.63, 3.8) is 0 Å². The number of carbonyl (C=O) groups is 1. The maximum Gasteiger partial charge on any atom is 0.330 e. The highest BCUT2D eigenvalue weighted by Gasteiger charge is 2.22. The zero-order valence-corrected chi connectivity index (χ0v) is 7.43. The lowest BCUT2D eigenvalue weighted by Crippen LogP contribution is -2.06. The molecule has 0 heterocycles. The van der Waals surface area contributed by atoms with Crippen LogP contribution >= 0.6 is 0 Å². The van der Waals surface area contributed by atoms with Gasteiger partial charge in [0.05, 0.1) is 6.61 Å². The molecule has 74 valence electrons. The van der Waals surface area contributed by atoms with Crippen molar-refractivity contribution in [3.8, 4) is 0 Å². The van der Waals surface area contributed by atoms with Gasteiger partial charge in [0.2, 0.25) is 0 Å². The number of esters is 1. The Kier molecular flexibility index (Phi) is 3.39. The van der Waals surface area contributed by atoms with Crippen LogP contribution in [0.25, 0.3) is 0 Å². The average molecular weight is 190 g/mol. The SMILES string of the molecule is C/C(=C\C(=O)OCC1CC1)C(F)F. The summed E-state index contributed by atoms with van der Waals surface area (Å²) >= 11 is 0. The molecule has 1 fully saturated rings. The van der Waals surface area contributed by atoms with Crippen LogP contribution in [0.4, 0.5) is 8.78 Å². The Hall–Kier alpha value is -0.930. The Morgan fingerprint density at radius 2 is 2.23 bits per heavy atom. The second kappa shape index (κ2) is 4.35. The topological polar surface area (TPSA) is 26.3 Å². The average Bonchev–Trinajstić information content (AvgIpc) is 2.83. The number of ether oxygens (including phenoxy) is 1. The summed E-state index contributed by atoms with van der Waals surface area (Å²) in [6.45, 7) is 1.58. The fraction of sp³-hybridized carbons (Fsp3) is 0.667. The molecule has 1 rings (SSSR count). The molecule has 0 aromatic heterocycles. The van der Waals surface area contributed by atoms with Gasteiger partial charge in [-0.2, -0.15) is 0 Å². The van der Waals surface area contributed by atoms with Crippen molar-refractivity contribution in [3.05, 3.63) is 11.6 Å². The quantitative estimate of drug-likeness (QED) is 0.501. The summed E-state index contributed by atoms with van der Waals surface area (Å²) in [5.74, 6) is -0.200. The Bertz CT molecular complexity index is 220. The third-order valence-corrected chi connectivity index (χ3v) is 1.85. The number of carbonyl (C=O) groups excluding carboxylic acids is 1. The maximum atomic E-state index is 11.9. The van der Waals surface area contributed by atoms with E-state index in [1.807, 2.05) is 0 Å². The van der Waals surface area contributed by atoms with E-state index in [1.54, 1.807) is 0 Å². The van der Waals surface area contributed by atoms with E-state index in [-0.39, 0.29) is 5.57 Å². The zero-order chi connectivity index (χ0) is 9.84. The smallest absolute Gasteiger partial charge is 0.330 e. The van der Waals surface area contributed by atoms with Gasteiger partial charge in [0.1, 0.15) is 0 Å². The predicted molar refractivity (Wildman–Crippen MR) is 43.4 cm³/mol. The van der Waals surface area contributed by atoms with Crippen LogP contribution < -0.4 is 0 Å². The maximum absolute atomic E-state index is 11.9. The minimum atomic E-state index is -2.58. The molecule has 0 atom stereocenters. The molecule has 0 spiro atoms. The fourth-order valence-corrected chi connectivity index (χ4v) is 0.775. The van der Waals surface area contributed by atoms with E-state index < -0.39 is 12.4 Å². The first-order valence-electron chi connectivity index (χ1n) is 4.22. The van der Waals surface area contributed by atoms with Crippen molar-refractivity contribution in [2.24, 2.45) is 5.92 Å². The van der Waals surface area contributed by atoms with Crippen LogP contribution in [0.15, 0.2) is 11.6 Å². The lowest BCUT2D eigenvalue weighted by atomic mass is 10.3. The molecule has 0 bridgehead atoms. The molecule has 4 heteroatoms. The zero-order valence-electron chi connectivity index (χ0n) is 7.43. The molecule has 0 aromatic rings. The van der Waals surface area contributed by atoms with Crippen LogP contribution in [0.2, 0.25) is 0 Å². The van der Waals surface area contributed by atoms with Crippen LogP contribution in [0.5, 0.6) is 0 Å². The summed E-state index contributed by atoms with van der Waals surface area (Å²) in [4.78, 5) is 10.9. The third-order valence-electron chi connectivity index (χ3n) is 1.85. The van der Waals surface area contributed by atoms with Crippen molar-refractivity contribution in [2.75, 3.05) is 6.61 Å². The van der Waals surface area contributed by atoms with E-state index in [0.29, 0.717) is 12.5 Å². The molecule has 0 amide bonds. The molecule has 0 aliphatic heterocycles. The number of hydrogen-bond acceptors (Lipinski definition) is 2. The Morgan fingerprint density at radius 1 is 1.62 bits per heavy atom. The molecule has 0 aromatic carbocycles. The van der Waals surface area contributed by atoms with Gasteiger partial charge in [-0.05, 0) is 31.3 Å². The van der Waals surface area contributed by atoms with Crippen LogP contribution in [0, 0.1) is 5.92 Å². The summed E-state index contributed by atoms with van der Waals surface area (Å²) in [6, 6.07) is 0. The predicted octanol–water partition coefficient (Wildman–Crippen LogP) is 2.15. The Labute approximate surface area is 75.6 Å². The van der Waals surface area contributed by atoms with E-state index in [2.05, 4.69) is 0 Å². The lowest BCUT2D eigenvalue weighted by molar-refractivity contribution is -0.138. The van der Waals surface area contributed by atoms with E-state index in [4.69, 9.17) is 4.74 Å². The lowest BCUT2D eigenvalue weighted by Gasteiger charge is -2.01. The number of hydrogen-bond donors (Lipinski definition) is 0. The van der Waals surface area contributed by atoms with Crippen molar-refractivity contribution in [2.45, 2.75) is 26.2 Å². The Balaban J connectivity index is 2.25. The molecule has 13 heavy (non-hydrogen) atoms. The molecule has 0 N–H and O–H groups in total. The van der Waals surface area contributed by atoms with Gasteiger partial charge in [-0.3, -0.25) is 0 Å². The molecule has 1 aliphatic rings. The highest BCUT2D eigenvalue weighted by Crippen LogP contribution is 2.28. The summed E-state index contributed by atoms with van der Waals surface area (Å²) in [5.41, 5.74) is -0.249. The number of rotatable bonds is 4. The summed E-state index contributed by atoms with van der Waals surface area (Å²) < 4.78 is 28.6. The van der Waals surface area contributed by atoms with Gasteiger partial charge in [-0.25, -0.2) is 13.6 Å². The first-order valence-corrected chi connectivity index (χ1v) is 4.22. The van der Waals surface area contributed by atoms with E-state index in [9.17, 15) is 13.6 Å². The normalized spacial score (nSPS) is 17.7. The van der Waals surface area contributed by atoms with Gasteiger partial charge in [-0.15, -0.1) is 0 Å². The standard InChI is InChI=1S/C9H12F2O2/c1-6(9(10)11)4-8(12)13-5-7-2-3-7/h4,7,9H,2-3,5H2,1H3/b6-4+. The molecule has 0 unspecified atom stereocenters. The Morgan fingerprint density at radius 3 is 2.69 bits per heavy atom. The van der Waals surface area contributed by atoms with Crippen LogP contribution in [0.3, 0.4) is 0 Å². The molecule has 0 radical (unpaired) electrons. The first-order chi connectivity index (χ1) is 6.09. The van der Waals surface area contributed by atoms with Crippen molar-refractivity contribution in [1.82, 2.24) is 0 Å². The van der Waals surface area contributed by atoms with Gasteiger partial charge >= 0.3 is 5.97 Å². The summed E-state index contributed by atoms with van der Waals surface area (Å²) in [6.07, 6.45) is 0.427. The molecular weight excluding hydrogens is 178 g/mol. The van der Waals surface area contributed by atoms with Gasteiger partial charge in [-0.1, -0.05) is 0 Å². The van der Waals surface area contributed by atoms with E-state index >= 15 is 0 Å². The van der Waals surface area contributed by atoms with Crippen molar-refractivity contribution < 1.29 is 18.3 Å². The summed E-state index contributed by atoms with van der Waals surface area (Å²) in [5, 5.41) is 0. The van der Waals surface area contributed by atoms with Crippen molar-refractivity contribution in [1.29, 1.82) is 0 Å². The minimum absolute atomic E-state index is 0.249. The van der Waals surface area contributed by atoms with Gasteiger partial charge in [0.15, 0.2) is 0 Å². The fourth-order valence-electron chi connectivity index (χ4n) is 0.775. The molecule has 1 saturated carbocycles. The van der Waals surface area contributed by atoms with Crippen LogP contribution in [-0.4, -0.2) is 19.0 Å². The number of halogens is 2. The number of alkyl halides is 2. The van der Waals surface area contributed by atoms with E-state index in [1.165, 1.54) is 6.92 Å². The highest BCUT2D eigenvalue weighted by atomic mass is 19.3. The molecule has 0 saturated heterocycles. The molecule has 2 nitrogen and oxygen atoms in total. The van der Waals surface area contributed by atoms with Crippen LogP contribution in [0.1, 0.15) is 19.8 Å². The van der Waals surface area contributed by atoms with Gasteiger partial charge < -0.3 is 4.74 Å². The monoisotopic (exact) mass is 190 g/mol. The molecular formula is C9H12F2O2. The largest absolute Gasteiger partial charge is 0.462 e. The minimum Gasteiger partial charge on any atom is -0.462 e. The second-order valence-electron chi connectivity index (χ2n) is 3.26. The van der Waals surface area contributed by atoms with Crippen molar-refractivity contribution >= 4 is 5.97 Å². The van der Waals surface area contributed by atoms with Gasteiger partial charge in [0, 0.05) is 6.08 Å². The second-order valence-corrected chi connectivity index (χ2v) is 3.26. The van der Waals surface area contributed by atoms with Gasteiger partial charge in [0.25, 0.3) is 6.43 Å². The third kappa shape index (κ3) is 4.01. The number of allylic oxidation sites excluding steroid dienone is 1. The highest BCUT2D eigenvalue weighted by molar-refractivity contribution is 5.82. The molecule has 1 aliphatic carbocycles.